The molecular formula is C29H44N2O3. The smallest absolute Gasteiger partial charge is 0.307 e. The Morgan fingerprint density at radius 3 is 2.00 bits per heavy atom. The lowest BCUT2D eigenvalue weighted by atomic mass is 9.83. The minimum Gasteiger partial charge on any atom is -0.490 e. The van der Waals surface area contributed by atoms with Crippen molar-refractivity contribution in [1.29, 1.82) is 0 Å². The number of aromatic nitrogens is 2. The summed E-state index contributed by atoms with van der Waals surface area (Å²) in [5, 5.41) is 9.79. The monoisotopic (exact) mass is 468 g/mol. The molecule has 2 rings (SSSR count). The van der Waals surface area contributed by atoms with Crippen LogP contribution in [0.25, 0.3) is 11.4 Å². The molecule has 2 atom stereocenters. The van der Waals surface area contributed by atoms with Crippen molar-refractivity contribution in [2.45, 2.75) is 104 Å². The molecule has 0 radical (unpaired) electrons. The number of hydrogen-bond acceptors (Lipinski definition) is 4. The normalized spacial score (nSPS) is 12.9. The first kappa shape index (κ1) is 27.8. The SMILES string of the molecule is CCCCCCCCC(C(=O)O)C(C)c1ccc(-c2ncc(OCCCCCCC)cn2)cc1. The summed E-state index contributed by atoms with van der Waals surface area (Å²) in [6, 6.07) is 8.00. The maximum atomic E-state index is 11.9. The van der Waals surface area contributed by atoms with Gasteiger partial charge in [-0.15, -0.1) is 0 Å². The third-order valence-corrected chi connectivity index (χ3v) is 6.63. The molecule has 2 aromatic rings. The molecule has 0 saturated carbocycles. The minimum absolute atomic E-state index is 0.0313. The van der Waals surface area contributed by atoms with Gasteiger partial charge in [0, 0.05) is 5.56 Å². The van der Waals surface area contributed by atoms with Crippen LogP contribution in [0, 0.1) is 5.92 Å². The highest BCUT2D eigenvalue weighted by Gasteiger charge is 2.25. The van der Waals surface area contributed by atoms with E-state index in [-0.39, 0.29) is 11.8 Å². The molecule has 0 aliphatic carbocycles. The second kappa shape index (κ2) is 16.2. The van der Waals surface area contributed by atoms with Crippen molar-refractivity contribution in [1.82, 2.24) is 9.97 Å². The fourth-order valence-electron chi connectivity index (χ4n) is 4.34. The second-order valence-corrected chi connectivity index (χ2v) is 9.42. The van der Waals surface area contributed by atoms with E-state index in [9.17, 15) is 9.90 Å². The molecule has 0 saturated heterocycles. The highest BCUT2D eigenvalue weighted by molar-refractivity contribution is 5.71. The van der Waals surface area contributed by atoms with E-state index in [0.29, 0.717) is 18.2 Å². The predicted molar refractivity (Wildman–Crippen MR) is 139 cm³/mol. The summed E-state index contributed by atoms with van der Waals surface area (Å²) in [4.78, 5) is 20.8. The molecule has 1 N–H and O–H groups in total. The fraction of sp³-hybridized carbons (Fsp3) is 0.621. The zero-order chi connectivity index (χ0) is 24.6. The molecule has 5 heteroatoms. The highest BCUT2D eigenvalue weighted by atomic mass is 16.5. The summed E-state index contributed by atoms with van der Waals surface area (Å²) in [7, 11) is 0. The van der Waals surface area contributed by atoms with Crippen LogP contribution in [0.5, 0.6) is 5.75 Å². The Kier molecular flexibility index (Phi) is 13.3. The standard InChI is InChI=1S/C29H44N2O3/c1-4-6-8-10-11-13-15-27(29(32)33)23(3)24-16-18-25(19-17-24)28-30-21-26(22-31-28)34-20-14-12-9-7-5-2/h16-19,21-23,27H,4-15,20H2,1-3H3,(H,32,33). The average molecular weight is 469 g/mol. The number of hydrogen-bond donors (Lipinski definition) is 1. The van der Waals surface area contributed by atoms with Crippen LogP contribution >= 0.6 is 0 Å². The molecule has 0 aliphatic rings. The number of rotatable bonds is 18. The molecule has 188 valence electrons. The second-order valence-electron chi connectivity index (χ2n) is 9.42. The number of unbranched alkanes of at least 4 members (excludes halogenated alkanes) is 9. The summed E-state index contributed by atoms with van der Waals surface area (Å²) < 4.78 is 5.76. The Balaban J connectivity index is 1.87. The summed E-state index contributed by atoms with van der Waals surface area (Å²) in [6.45, 7) is 7.14. The molecule has 5 nitrogen and oxygen atoms in total. The number of nitrogens with zero attached hydrogens (tertiary/aromatic N) is 2. The van der Waals surface area contributed by atoms with Crippen LogP contribution in [0.2, 0.25) is 0 Å². The third-order valence-electron chi connectivity index (χ3n) is 6.63. The van der Waals surface area contributed by atoms with Crippen LogP contribution in [-0.2, 0) is 4.79 Å². The van der Waals surface area contributed by atoms with Crippen molar-refractivity contribution in [3.63, 3.8) is 0 Å². The molecule has 34 heavy (non-hydrogen) atoms. The minimum atomic E-state index is -0.700. The van der Waals surface area contributed by atoms with Gasteiger partial charge in [0.15, 0.2) is 11.6 Å². The van der Waals surface area contributed by atoms with Crippen LogP contribution in [0.1, 0.15) is 109 Å². The van der Waals surface area contributed by atoms with Gasteiger partial charge in [-0.05, 0) is 24.3 Å². The van der Waals surface area contributed by atoms with E-state index < -0.39 is 5.97 Å². The topological polar surface area (TPSA) is 72.3 Å². The van der Waals surface area contributed by atoms with Gasteiger partial charge in [0.25, 0.3) is 0 Å². The molecule has 1 heterocycles. The molecular weight excluding hydrogens is 424 g/mol. The number of carboxylic acid groups (broad SMARTS) is 1. The molecule has 1 aromatic carbocycles. The molecule has 1 aromatic heterocycles. The van der Waals surface area contributed by atoms with Crippen molar-refractivity contribution in [3.05, 3.63) is 42.2 Å². The van der Waals surface area contributed by atoms with Crippen molar-refractivity contribution >= 4 is 5.97 Å². The van der Waals surface area contributed by atoms with E-state index >= 15 is 0 Å². The predicted octanol–water partition coefficient (Wildman–Crippen LogP) is 8.05. The van der Waals surface area contributed by atoms with E-state index in [0.717, 1.165) is 36.8 Å². The molecule has 2 unspecified atom stereocenters. The van der Waals surface area contributed by atoms with Gasteiger partial charge in [-0.2, -0.15) is 0 Å². The summed E-state index contributed by atoms with van der Waals surface area (Å²) in [6.07, 6.45) is 17.3. The largest absolute Gasteiger partial charge is 0.490 e. The molecule has 0 amide bonds. The first-order valence-corrected chi connectivity index (χ1v) is 13.3. The lowest BCUT2D eigenvalue weighted by molar-refractivity contribution is -0.142. The van der Waals surface area contributed by atoms with Gasteiger partial charge >= 0.3 is 5.97 Å². The Morgan fingerprint density at radius 1 is 0.853 bits per heavy atom. The fourth-order valence-corrected chi connectivity index (χ4v) is 4.34. The average Bonchev–Trinajstić information content (AvgIpc) is 2.85. The van der Waals surface area contributed by atoms with E-state index in [1.54, 1.807) is 12.4 Å². The quantitative estimate of drug-likeness (QED) is 0.224. The highest BCUT2D eigenvalue weighted by Crippen LogP contribution is 2.30. The van der Waals surface area contributed by atoms with Gasteiger partial charge in [-0.25, -0.2) is 9.97 Å². The molecule has 0 spiro atoms. The summed E-state index contributed by atoms with van der Waals surface area (Å²) in [5.74, 6) is 0.261. The molecule has 0 aliphatic heterocycles. The Morgan fingerprint density at radius 2 is 1.41 bits per heavy atom. The lowest BCUT2D eigenvalue weighted by Crippen LogP contribution is -2.20. The lowest BCUT2D eigenvalue weighted by Gasteiger charge is -2.21. The Hall–Kier alpha value is -2.43. The van der Waals surface area contributed by atoms with Crippen LogP contribution in [0.3, 0.4) is 0 Å². The number of ether oxygens (including phenoxy) is 1. The van der Waals surface area contributed by atoms with Crippen LogP contribution < -0.4 is 4.74 Å². The van der Waals surface area contributed by atoms with Crippen LogP contribution in [-0.4, -0.2) is 27.7 Å². The van der Waals surface area contributed by atoms with Gasteiger partial charge in [0.2, 0.25) is 0 Å². The van der Waals surface area contributed by atoms with E-state index in [1.807, 2.05) is 31.2 Å². The summed E-state index contributed by atoms with van der Waals surface area (Å²) >= 11 is 0. The Labute approximate surface area is 206 Å². The van der Waals surface area contributed by atoms with Gasteiger partial charge < -0.3 is 9.84 Å². The number of aliphatic carboxylic acids is 1. The van der Waals surface area contributed by atoms with Gasteiger partial charge in [-0.1, -0.05) is 109 Å². The van der Waals surface area contributed by atoms with E-state index in [4.69, 9.17) is 4.74 Å². The van der Waals surface area contributed by atoms with Crippen LogP contribution in [0.4, 0.5) is 0 Å². The van der Waals surface area contributed by atoms with Gasteiger partial charge in [0.05, 0.1) is 24.9 Å². The summed E-state index contributed by atoms with van der Waals surface area (Å²) in [5.41, 5.74) is 1.97. The zero-order valence-corrected chi connectivity index (χ0v) is 21.5. The maximum absolute atomic E-state index is 11.9. The number of carboxylic acids is 1. The van der Waals surface area contributed by atoms with Gasteiger partial charge in [0.1, 0.15) is 0 Å². The van der Waals surface area contributed by atoms with E-state index in [2.05, 4.69) is 23.8 Å². The van der Waals surface area contributed by atoms with Crippen molar-refractivity contribution in [2.24, 2.45) is 5.92 Å². The first-order chi connectivity index (χ1) is 16.6. The maximum Gasteiger partial charge on any atom is 0.307 e. The number of carbonyl (C=O) groups is 1. The van der Waals surface area contributed by atoms with E-state index in [1.165, 1.54) is 51.4 Å². The first-order valence-electron chi connectivity index (χ1n) is 13.3. The third kappa shape index (κ3) is 9.82. The van der Waals surface area contributed by atoms with Crippen molar-refractivity contribution in [3.8, 4) is 17.1 Å². The zero-order valence-electron chi connectivity index (χ0n) is 21.5. The Bertz CT molecular complexity index is 805. The number of benzene rings is 1. The molecule has 0 fully saturated rings. The van der Waals surface area contributed by atoms with Crippen molar-refractivity contribution < 1.29 is 14.6 Å². The van der Waals surface area contributed by atoms with Gasteiger partial charge in [-0.3, -0.25) is 4.79 Å². The van der Waals surface area contributed by atoms with Crippen molar-refractivity contribution in [2.75, 3.05) is 6.61 Å². The van der Waals surface area contributed by atoms with Crippen LogP contribution in [0.15, 0.2) is 36.7 Å². The molecule has 0 bridgehead atoms.